The van der Waals surface area contributed by atoms with Crippen LogP contribution in [0.3, 0.4) is 0 Å². The van der Waals surface area contributed by atoms with Gasteiger partial charge in [-0.3, -0.25) is 0 Å². The van der Waals surface area contributed by atoms with Gasteiger partial charge in [0.25, 0.3) is 0 Å². The van der Waals surface area contributed by atoms with Crippen LogP contribution in [0.15, 0.2) is 46.1 Å². The molecule has 0 fully saturated rings. The normalized spacial score (nSPS) is 16.7. The number of ether oxygens (including phenoxy) is 2. The Morgan fingerprint density at radius 1 is 1.31 bits per heavy atom. The average molecular weight is 373 g/mol. The molecule has 0 bridgehead atoms. The minimum atomic E-state index is -0.782. The Kier molecular flexibility index (Phi) is 5.22. The predicted molar refractivity (Wildman–Crippen MR) is 98.2 cm³/mol. The van der Waals surface area contributed by atoms with Crippen LogP contribution in [0.4, 0.5) is 4.79 Å². The van der Waals surface area contributed by atoms with Gasteiger partial charge >= 0.3 is 6.16 Å². The Hall–Kier alpha value is -2.87. The van der Waals surface area contributed by atoms with Crippen LogP contribution < -0.4 is 5.32 Å². The van der Waals surface area contributed by atoms with Crippen LogP contribution in [-0.4, -0.2) is 28.7 Å². The van der Waals surface area contributed by atoms with E-state index >= 15 is 0 Å². The van der Waals surface area contributed by atoms with Gasteiger partial charge in [0.1, 0.15) is 17.5 Å². The fourth-order valence-electron chi connectivity index (χ4n) is 2.52. The number of carbonyl (C=O) groups is 1. The highest BCUT2D eigenvalue weighted by atomic mass is 32.1. The molecule has 0 spiro atoms. The third-order valence-electron chi connectivity index (χ3n) is 3.71. The number of allylic oxidation sites excluding steroid dienone is 1. The third-order valence-corrected chi connectivity index (χ3v) is 4.48. The molecule has 0 amide bonds. The van der Waals surface area contributed by atoms with Crippen LogP contribution in [0, 0.1) is 6.92 Å². The van der Waals surface area contributed by atoms with E-state index in [9.17, 15) is 9.90 Å². The molecule has 2 aromatic rings. The molecule has 1 atom stereocenters. The number of hydrogen-bond donors (Lipinski definition) is 2. The summed E-state index contributed by atoms with van der Waals surface area (Å²) in [5.74, 6) is 1.10. The molecule has 0 aliphatic carbocycles. The van der Waals surface area contributed by atoms with Gasteiger partial charge in [-0.05, 0) is 38.5 Å². The smallest absolute Gasteiger partial charge is 0.508 e. The van der Waals surface area contributed by atoms with Gasteiger partial charge in [0.2, 0.25) is 0 Å². The number of hydrogen-bond acceptors (Lipinski definition) is 8. The number of thiazole rings is 1. The van der Waals surface area contributed by atoms with Crippen molar-refractivity contribution < 1.29 is 19.4 Å². The van der Waals surface area contributed by atoms with Gasteiger partial charge in [-0.15, -0.1) is 11.3 Å². The van der Waals surface area contributed by atoms with Gasteiger partial charge in [0, 0.05) is 5.38 Å². The Morgan fingerprint density at radius 3 is 2.65 bits per heavy atom. The molecule has 136 valence electrons. The Morgan fingerprint density at radius 2 is 2.04 bits per heavy atom. The van der Waals surface area contributed by atoms with Gasteiger partial charge < -0.3 is 19.9 Å². The zero-order valence-corrected chi connectivity index (χ0v) is 15.5. The standard InChI is InChI=1S/C18H19N3O4S/c1-4-24-18(23)25-16-10(2)19-17(14-9-26-11(3)20-14)21-15(16)12-5-7-13(22)8-6-12/h5-9,15,22H,4H2,1-3H3,(H,19,21). The van der Waals surface area contributed by atoms with Crippen molar-refractivity contribution in [2.24, 2.45) is 4.99 Å². The number of rotatable bonds is 4. The molecule has 1 aliphatic rings. The van der Waals surface area contributed by atoms with Crippen LogP contribution in [0.5, 0.6) is 5.75 Å². The van der Waals surface area contributed by atoms with E-state index in [1.165, 1.54) is 11.3 Å². The first-order valence-electron chi connectivity index (χ1n) is 8.09. The van der Waals surface area contributed by atoms with Crippen molar-refractivity contribution in [2.75, 3.05) is 6.61 Å². The topological polar surface area (TPSA) is 93.0 Å². The number of aromatic hydroxyl groups is 1. The number of phenols is 1. The zero-order chi connectivity index (χ0) is 18.7. The molecule has 3 rings (SSSR count). The van der Waals surface area contributed by atoms with Gasteiger partial charge in [0.05, 0.1) is 17.3 Å². The van der Waals surface area contributed by atoms with Crippen LogP contribution in [0.2, 0.25) is 0 Å². The lowest BCUT2D eigenvalue weighted by molar-refractivity contribution is 0.0763. The molecule has 0 radical (unpaired) electrons. The fraction of sp³-hybridized carbons (Fsp3) is 0.278. The lowest BCUT2D eigenvalue weighted by Gasteiger charge is -2.25. The highest BCUT2D eigenvalue weighted by Crippen LogP contribution is 2.33. The lowest BCUT2D eigenvalue weighted by Crippen LogP contribution is -2.31. The third kappa shape index (κ3) is 3.85. The molecule has 1 aliphatic heterocycles. The van der Waals surface area contributed by atoms with E-state index in [2.05, 4.69) is 15.3 Å². The van der Waals surface area contributed by atoms with Crippen LogP contribution >= 0.6 is 11.3 Å². The zero-order valence-electron chi connectivity index (χ0n) is 14.6. The van der Waals surface area contributed by atoms with Gasteiger partial charge in [-0.1, -0.05) is 12.1 Å². The minimum Gasteiger partial charge on any atom is -0.508 e. The summed E-state index contributed by atoms with van der Waals surface area (Å²) >= 11 is 1.53. The van der Waals surface area contributed by atoms with E-state index in [1.54, 1.807) is 38.1 Å². The second kappa shape index (κ2) is 7.57. The Bertz CT molecular complexity index is 871. The van der Waals surface area contributed by atoms with Crippen molar-refractivity contribution in [3.8, 4) is 5.75 Å². The van der Waals surface area contributed by atoms with E-state index < -0.39 is 12.2 Å². The highest BCUT2D eigenvalue weighted by molar-refractivity contribution is 7.09. The molecule has 7 nitrogen and oxygen atoms in total. The summed E-state index contributed by atoms with van der Waals surface area (Å²) in [6.45, 7) is 5.65. The predicted octanol–water partition coefficient (Wildman–Crippen LogP) is 3.65. The number of aliphatic imine (C=N–C) groups is 1. The van der Waals surface area contributed by atoms with Gasteiger partial charge in [0.15, 0.2) is 11.6 Å². The van der Waals surface area contributed by atoms with Crippen molar-refractivity contribution in [3.63, 3.8) is 0 Å². The molecular formula is C18H19N3O4S. The summed E-state index contributed by atoms with van der Waals surface area (Å²) < 4.78 is 10.3. The van der Waals surface area contributed by atoms with Crippen molar-refractivity contribution in [1.82, 2.24) is 10.3 Å². The van der Waals surface area contributed by atoms with Crippen LogP contribution in [-0.2, 0) is 9.47 Å². The van der Waals surface area contributed by atoms with E-state index in [1.807, 2.05) is 12.3 Å². The summed E-state index contributed by atoms with van der Waals surface area (Å²) in [5, 5.41) is 15.5. The highest BCUT2D eigenvalue weighted by Gasteiger charge is 2.29. The summed E-state index contributed by atoms with van der Waals surface area (Å²) in [4.78, 5) is 21.0. The second-order valence-corrected chi connectivity index (χ2v) is 6.69. The van der Waals surface area contributed by atoms with Crippen LogP contribution in [0.25, 0.3) is 0 Å². The van der Waals surface area contributed by atoms with Crippen LogP contribution in [0.1, 0.15) is 36.2 Å². The van der Waals surface area contributed by atoms with Gasteiger partial charge in [-0.25, -0.2) is 14.8 Å². The average Bonchev–Trinajstić information content (AvgIpc) is 3.04. The molecule has 1 aromatic carbocycles. The van der Waals surface area contributed by atoms with E-state index in [0.717, 1.165) is 16.3 Å². The van der Waals surface area contributed by atoms with Crippen molar-refractivity contribution in [3.05, 3.63) is 57.4 Å². The number of nitrogens with one attached hydrogen (secondary N) is 1. The molecule has 8 heteroatoms. The summed E-state index contributed by atoms with van der Waals surface area (Å²) in [6, 6.07) is 6.05. The Balaban J connectivity index is 1.99. The number of amidine groups is 1. The fourth-order valence-corrected chi connectivity index (χ4v) is 3.12. The second-order valence-electron chi connectivity index (χ2n) is 5.62. The van der Waals surface area contributed by atoms with E-state index in [-0.39, 0.29) is 12.4 Å². The SMILES string of the molecule is CCOC(=O)OC1=C(C)NC(c2csc(C)n2)=NC1c1ccc(O)cc1. The van der Waals surface area contributed by atoms with Crippen molar-refractivity contribution >= 4 is 23.3 Å². The summed E-state index contributed by atoms with van der Waals surface area (Å²) in [5.41, 5.74) is 2.14. The van der Waals surface area contributed by atoms with Crippen molar-refractivity contribution in [2.45, 2.75) is 26.8 Å². The maximum atomic E-state index is 11.8. The molecule has 2 heterocycles. The summed E-state index contributed by atoms with van der Waals surface area (Å²) in [6.07, 6.45) is -0.782. The van der Waals surface area contributed by atoms with E-state index in [0.29, 0.717) is 17.3 Å². The molecule has 0 saturated heterocycles. The van der Waals surface area contributed by atoms with Crippen molar-refractivity contribution in [1.29, 1.82) is 0 Å². The number of benzene rings is 1. The molecule has 2 N–H and O–H groups in total. The maximum Gasteiger partial charge on any atom is 0.513 e. The molecule has 1 unspecified atom stereocenters. The largest absolute Gasteiger partial charge is 0.513 e. The number of aryl methyl sites for hydroxylation is 1. The number of nitrogens with zero attached hydrogens (tertiary/aromatic N) is 2. The molecular weight excluding hydrogens is 354 g/mol. The maximum absolute atomic E-state index is 11.8. The number of aromatic nitrogens is 1. The first-order valence-corrected chi connectivity index (χ1v) is 8.97. The quantitative estimate of drug-likeness (QED) is 0.795. The first-order chi connectivity index (χ1) is 12.5. The Labute approximate surface area is 155 Å². The lowest BCUT2D eigenvalue weighted by atomic mass is 10.0. The monoisotopic (exact) mass is 373 g/mol. The number of carbonyl (C=O) groups excluding carboxylic acids is 1. The molecule has 26 heavy (non-hydrogen) atoms. The minimum absolute atomic E-state index is 0.149. The summed E-state index contributed by atoms with van der Waals surface area (Å²) in [7, 11) is 0. The first kappa shape index (κ1) is 17.9. The molecule has 1 aromatic heterocycles. The van der Waals surface area contributed by atoms with E-state index in [4.69, 9.17) is 9.47 Å². The number of phenolic OH excluding ortho intramolecular Hbond substituents is 1. The molecule has 0 saturated carbocycles. The van der Waals surface area contributed by atoms with Gasteiger partial charge in [-0.2, -0.15) is 0 Å².